The summed E-state index contributed by atoms with van der Waals surface area (Å²) in [6.07, 6.45) is 8.12. The fourth-order valence-corrected chi connectivity index (χ4v) is 4.81. The van der Waals surface area contributed by atoms with E-state index in [2.05, 4.69) is 6.92 Å². The van der Waals surface area contributed by atoms with E-state index < -0.39 is 35.4 Å². The van der Waals surface area contributed by atoms with E-state index in [4.69, 9.17) is 4.74 Å². The molecule has 33 heavy (non-hydrogen) atoms. The van der Waals surface area contributed by atoms with Crippen molar-refractivity contribution in [3.8, 4) is 11.5 Å². The second-order valence-corrected chi connectivity index (χ2v) is 8.96. The largest absolute Gasteiger partial charge is 0.504 e. The van der Waals surface area contributed by atoms with Gasteiger partial charge in [-0.1, -0.05) is 44.7 Å². The van der Waals surface area contributed by atoms with Crippen molar-refractivity contribution in [2.24, 2.45) is 5.92 Å². The van der Waals surface area contributed by atoms with Crippen LogP contribution in [-0.2, 0) is 6.42 Å². The van der Waals surface area contributed by atoms with Crippen molar-refractivity contribution in [1.82, 2.24) is 0 Å². The minimum atomic E-state index is -1.05. The van der Waals surface area contributed by atoms with Crippen LogP contribution in [0.1, 0.15) is 92.6 Å². The third kappa shape index (κ3) is 5.90. The Hall–Kier alpha value is -2.50. The fraction of sp³-hybridized carbons (Fsp3) is 0.519. The molecular weight excluding hydrogens is 429 g/mol. The van der Waals surface area contributed by atoms with E-state index in [9.17, 15) is 23.1 Å². The van der Waals surface area contributed by atoms with Gasteiger partial charge in [0.25, 0.3) is 0 Å². The number of carbonyl (C=O) groups excluding carboxylic acids is 1. The van der Waals surface area contributed by atoms with Gasteiger partial charge in [-0.25, -0.2) is 8.78 Å². The van der Waals surface area contributed by atoms with Crippen molar-refractivity contribution in [2.75, 3.05) is 6.61 Å². The van der Waals surface area contributed by atoms with E-state index in [0.29, 0.717) is 11.5 Å². The van der Waals surface area contributed by atoms with Gasteiger partial charge in [-0.15, -0.1) is 0 Å². The number of rotatable bonds is 10. The summed E-state index contributed by atoms with van der Waals surface area (Å²) in [4.78, 5) is 12.6. The zero-order valence-corrected chi connectivity index (χ0v) is 19.4. The minimum Gasteiger partial charge on any atom is -0.504 e. The number of benzene rings is 2. The zero-order chi connectivity index (χ0) is 24.0. The number of aromatic hydroxyl groups is 1. The SMILES string of the molecule is CCCCCC1CCC(c2ccc(CC(=O)c3ccc(OCC)c(F)c3O)c(F)c2F)CC1. The molecule has 0 radical (unpaired) electrons. The van der Waals surface area contributed by atoms with E-state index in [0.717, 1.165) is 25.7 Å². The highest BCUT2D eigenvalue weighted by Gasteiger charge is 2.27. The van der Waals surface area contributed by atoms with Crippen molar-refractivity contribution >= 4 is 5.78 Å². The van der Waals surface area contributed by atoms with E-state index >= 15 is 0 Å². The quantitative estimate of drug-likeness (QED) is 0.294. The molecule has 3 rings (SSSR count). The van der Waals surface area contributed by atoms with Gasteiger partial charge in [-0.2, -0.15) is 4.39 Å². The van der Waals surface area contributed by atoms with Crippen LogP contribution in [0.25, 0.3) is 0 Å². The van der Waals surface area contributed by atoms with Gasteiger partial charge in [-0.3, -0.25) is 4.79 Å². The molecule has 180 valence electrons. The van der Waals surface area contributed by atoms with E-state index in [1.807, 2.05) is 0 Å². The van der Waals surface area contributed by atoms with Crippen LogP contribution in [-0.4, -0.2) is 17.5 Å². The molecule has 6 heteroatoms. The number of ether oxygens (including phenoxy) is 1. The number of phenolic OH excluding ortho intramolecular Hbond substituents is 1. The Kier molecular flexibility index (Phi) is 8.81. The van der Waals surface area contributed by atoms with Crippen LogP contribution in [0.2, 0.25) is 0 Å². The summed E-state index contributed by atoms with van der Waals surface area (Å²) in [5.41, 5.74) is -0.0323. The lowest BCUT2D eigenvalue weighted by Gasteiger charge is -2.29. The fourth-order valence-electron chi connectivity index (χ4n) is 4.81. The van der Waals surface area contributed by atoms with Crippen molar-refractivity contribution in [3.63, 3.8) is 0 Å². The van der Waals surface area contributed by atoms with Crippen LogP contribution in [0, 0.1) is 23.4 Å². The molecule has 1 fully saturated rings. The van der Waals surface area contributed by atoms with Gasteiger partial charge in [0.1, 0.15) is 0 Å². The smallest absolute Gasteiger partial charge is 0.207 e. The topological polar surface area (TPSA) is 46.5 Å². The number of hydrogen-bond acceptors (Lipinski definition) is 3. The third-order valence-corrected chi connectivity index (χ3v) is 6.73. The van der Waals surface area contributed by atoms with Crippen LogP contribution in [0.3, 0.4) is 0 Å². The lowest BCUT2D eigenvalue weighted by atomic mass is 9.76. The highest BCUT2D eigenvalue weighted by Crippen LogP contribution is 2.39. The van der Waals surface area contributed by atoms with E-state index in [1.54, 1.807) is 13.0 Å². The summed E-state index contributed by atoms with van der Waals surface area (Å²) in [5.74, 6) is -4.07. The van der Waals surface area contributed by atoms with Gasteiger partial charge >= 0.3 is 0 Å². The molecule has 1 saturated carbocycles. The Labute approximate surface area is 194 Å². The highest BCUT2D eigenvalue weighted by molar-refractivity contribution is 6.00. The van der Waals surface area contributed by atoms with Crippen LogP contribution in [0.5, 0.6) is 11.5 Å². The predicted molar refractivity (Wildman–Crippen MR) is 122 cm³/mol. The Balaban J connectivity index is 1.69. The van der Waals surface area contributed by atoms with Crippen LogP contribution < -0.4 is 4.74 Å². The monoisotopic (exact) mass is 462 g/mol. The third-order valence-electron chi connectivity index (χ3n) is 6.73. The molecule has 0 spiro atoms. The average Bonchev–Trinajstić information content (AvgIpc) is 2.81. The molecule has 2 aromatic carbocycles. The number of phenols is 1. The van der Waals surface area contributed by atoms with Crippen molar-refractivity contribution in [2.45, 2.75) is 77.6 Å². The molecule has 0 aliphatic heterocycles. The maximum Gasteiger partial charge on any atom is 0.207 e. The molecule has 0 aromatic heterocycles. The first-order valence-electron chi connectivity index (χ1n) is 12.0. The molecule has 0 atom stereocenters. The molecule has 0 saturated heterocycles. The molecule has 0 heterocycles. The second kappa shape index (κ2) is 11.6. The van der Waals surface area contributed by atoms with Crippen molar-refractivity contribution in [1.29, 1.82) is 0 Å². The molecule has 1 aliphatic rings. The summed E-state index contributed by atoms with van der Waals surface area (Å²) in [7, 11) is 0. The Morgan fingerprint density at radius 2 is 1.70 bits per heavy atom. The second-order valence-electron chi connectivity index (χ2n) is 8.96. The normalized spacial score (nSPS) is 18.3. The first-order chi connectivity index (χ1) is 15.9. The van der Waals surface area contributed by atoms with E-state index in [-0.39, 0.29) is 29.4 Å². The predicted octanol–water partition coefficient (Wildman–Crippen LogP) is 7.49. The number of carbonyl (C=O) groups is 1. The number of unbranched alkanes of at least 4 members (excludes halogenated alkanes) is 2. The molecule has 2 aromatic rings. The minimum absolute atomic E-state index is 0.0177. The van der Waals surface area contributed by atoms with Crippen LogP contribution >= 0.6 is 0 Å². The lowest BCUT2D eigenvalue weighted by Crippen LogP contribution is -2.16. The van der Waals surface area contributed by atoms with Crippen molar-refractivity contribution in [3.05, 3.63) is 58.4 Å². The Morgan fingerprint density at radius 3 is 2.36 bits per heavy atom. The van der Waals surface area contributed by atoms with Crippen molar-refractivity contribution < 1.29 is 27.8 Å². The van der Waals surface area contributed by atoms with Gasteiger partial charge in [0.05, 0.1) is 12.2 Å². The van der Waals surface area contributed by atoms with E-state index in [1.165, 1.54) is 43.9 Å². The molecule has 1 aliphatic carbocycles. The molecule has 0 bridgehead atoms. The van der Waals surface area contributed by atoms with Gasteiger partial charge in [-0.05, 0) is 67.7 Å². The van der Waals surface area contributed by atoms with Gasteiger partial charge in [0.15, 0.2) is 28.9 Å². The highest BCUT2D eigenvalue weighted by atomic mass is 19.2. The Bertz CT molecular complexity index is 966. The van der Waals surface area contributed by atoms with Crippen LogP contribution in [0.15, 0.2) is 24.3 Å². The number of hydrogen-bond donors (Lipinski definition) is 1. The molecule has 0 unspecified atom stereocenters. The standard InChI is InChI=1S/C27H33F3O3/c1-3-5-6-7-17-8-10-18(11-9-17)20-13-12-19(24(28)25(20)29)16-22(31)21-14-15-23(33-4-2)26(30)27(21)32/h12-15,17-18,32H,3-11,16H2,1-2H3. The first kappa shape index (κ1) is 25.1. The summed E-state index contributed by atoms with van der Waals surface area (Å²) in [6.45, 7) is 4.04. The first-order valence-corrected chi connectivity index (χ1v) is 12.0. The number of Topliss-reactive ketones (excluding diaryl/α,β-unsaturated/α-hetero) is 1. The summed E-state index contributed by atoms with van der Waals surface area (Å²) in [5, 5.41) is 10.0. The zero-order valence-electron chi connectivity index (χ0n) is 19.4. The lowest BCUT2D eigenvalue weighted by molar-refractivity contribution is 0.0988. The Morgan fingerprint density at radius 1 is 0.970 bits per heavy atom. The maximum atomic E-state index is 14.9. The number of ketones is 1. The molecule has 1 N–H and O–H groups in total. The summed E-state index contributed by atoms with van der Waals surface area (Å²) < 4.78 is 49.0. The summed E-state index contributed by atoms with van der Waals surface area (Å²) >= 11 is 0. The van der Waals surface area contributed by atoms with Gasteiger partial charge in [0.2, 0.25) is 5.82 Å². The average molecular weight is 463 g/mol. The maximum absolute atomic E-state index is 14.9. The molecule has 0 amide bonds. The van der Waals surface area contributed by atoms with Gasteiger partial charge in [0, 0.05) is 6.42 Å². The van der Waals surface area contributed by atoms with Crippen LogP contribution in [0.4, 0.5) is 13.2 Å². The van der Waals surface area contributed by atoms with Gasteiger partial charge < -0.3 is 9.84 Å². The number of halogens is 3. The molecule has 3 nitrogen and oxygen atoms in total. The summed E-state index contributed by atoms with van der Waals surface area (Å²) in [6, 6.07) is 5.47. The molecular formula is C27H33F3O3.